The zero-order valence-corrected chi connectivity index (χ0v) is 6.67. The maximum Gasteiger partial charge on any atom is 0.0348 e. The topological polar surface area (TPSA) is 12.9 Å². The van der Waals surface area contributed by atoms with E-state index < -0.39 is 0 Å². The number of aromatic nitrogens is 1. The normalized spacial score (nSPS) is 9.18. The molecule has 0 fully saturated rings. The summed E-state index contributed by atoms with van der Waals surface area (Å²) in [6.45, 7) is 9.51. The van der Waals surface area contributed by atoms with Gasteiger partial charge in [-0.15, -0.1) is 0 Å². The van der Waals surface area contributed by atoms with Crippen LogP contribution in [0, 0.1) is 0 Å². The van der Waals surface area contributed by atoms with E-state index in [0.29, 0.717) is 0 Å². The highest BCUT2D eigenvalue weighted by Gasteiger charge is 1.97. The molecule has 0 aromatic carbocycles. The van der Waals surface area contributed by atoms with E-state index in [1.165, 1.54) is 0 Å². The van der Waals surface area contributed by atoms with Gasteiger partial charge in [0.05, 0.1) is 0 Å². The van der Waals surface area contributed by atoms with Crippen molar-refractivity contribution in [1.82, 2.24) is 4.98 Å². The van der Waals surface area contributed by atoms with Crippen molar-refractivity contribution in [2.24, 2.45) is 0 Å². The average molecular weight is 145 g/mol. The Morgan fingerprint density at radius 3 is 2.82 bits per heavy atom. The summed E-state index contributed by atoms with van der Waals surface area (Å²) >= 11 is 0. The molecule has 1 heterocycles. The van der Waals surface area contributed by atoms with Gasteiger partial charge in [0.2, 0.25) is 0 Å². The van der Waals surface area contributed by atoms with Gasteiger partial charge in [0, 0.05) is 18.0 Å². The van der Waals surface area contributed by atoms with Crippen LogP contribution in [0.2, 0.25) is 0 Å². The van der Waals surface area contributed by atoms with Crippen LogP contribution in [0.1, 0.15) is 18.1 Å². The summed E-state index contributed by atoms with van der Waals surface area (Å²) in [7, 11) is 0. The second-order valence-corrected chi connectivity index (χ2v) is 2.45. The van der Waals surface area contributed by atoms with E-state index in [1.54, 1.807) is 12.4 Å². The van der Waals surface area contributed by atoms with Crippen LogP contribution in [0.5, 0.6) is 0 Å². The average Bonchev–Trinajstić information content (AvgIpc) is 2.04. The molecule has 11 heavy (non-hydrogen) atoms. The predicted octanol–water partition coefficient (Wildman–Crippen LogP) is 2.76. The van der Waals surface area contributed by atoms with E-state index >= 15 is 0 Å². The highest BCUT2D eigenvalue weighted by Crippen LogP contribution is 2.15. The number of nitrogens with zero attached hydrogens (tertiary/aromatic N) is 1. The van der Waals surface area contributed by atoms with Crippen LogP contribution in [-0.2, 0) is 0 Å². The molecule has 0 spiro atoms. The molecule has 1 rings (SSSR count). The zero-order valence-electron chi connectivity index (χ0n) is 6.67. The van der Waals surface area contributed by atoms with Gasteiger partial charge < -0.3 is 0 Å². The van der Waals surface area contributed by atoms with Gasteiger partial charge >= 0.3 is 0 Å². The van der Waals surface area contributed by atoms with Crippen molar-refractivity contribution >= 4 is 11.6 Å². The van der Waals surface area contributed by atoms with Crippen LogP contribution < -0.4 is 0 Å². The Morgan fingerprint density at radius 1 is 1.64 bits per heavy atom. The Balaban J connectivity index is 3.22. The molecule has 0 saturated carbocycles. The van der Waals surface area contributed by atoms with Gasteiger partial charge in [-0.05, 0) is 24.1 Å². The lowest BCUT2D eigenvalue weighted by molar-refractivity contribution is 1.30. The van der Waals surface area contributed by atoms with Gasteiger partial charge in [-0.1, -0.05) is 19.2 Å². The second-order valence-electron chi connectivity index (χ2n) is 2.45. The fourth-order valence-corrected chi connectivity index (χ4v) is 0.940. The smallest absolute Gasteiger partial charge is 0.0348 e. The van der Waals surface area contributed by atoms with Crippen molar-refractivity contribution in [3.8, 4) is 0 Å². The molecule has 0 bridgehead atoms. The summed E-state index contributed by atoms with van der Waals surface area (Å²) in [4.78, 5) is 4.01. The molecular weight excluding hydrogens is 134 g/mol. The summed E-state index contributed by atoms with van der Waals surface area (Å²) in [6, 6.07) is 1.93. The molecule has 0 amide bonds. The molecule has 0 N–H and O–H groups in total. The molecule has 1 aromatic heterocycles. The number of rotatable bonds is 2. The predicted molar refractivity (Wildman–Crippen MR) is 49.0 cm³/mol. The number of allylic oxidation sites excluding steroid dienone is 1. The Morgan fingerprint density at radius 2 is 2.36 bits per heavy atom. The van der Waals surface area contributed by atoms with Crippen LogP contribution in [-0.4, -0.2) is 4.98 Å². The van der Waals surface area contributed by atoms with Crippen LogP contribution in [0.3, 0.4) is 0 Å². The third-order valence-corrected chi connectivity index (χ3v) is 1.53. The first-order chi connectivity index (χ1) is 5.25. The second kappa shape index (κ2) is 3.15. The largest absolute Gasteiger partial charge is 0.264 e. The summed E-state index contributed by atoms with van der Waals surface area (Å²) in [5.41, 5.74) is 3.18. The van der Waals surface area contributed by atoms with Crippen LogP contribution in [0.15, 0.2) is 31.6 Å². The number of hydrogen-bond donors (Lipinski definition) is 0. The van der Waals surface area contributed by atoms with Gasteiger partial charge in [0.1, 0.15) is 0 Å². The van der Waals surface area contributed by atoms with Crippen LogP contribution in [0.4, 0.5) is 0 Å². The quantitative estimate of drug-likeness (QED) is 0.623. The Bertz CT molecular complexity index is 287. The fourth-order valence-electron chi connectivity index (χ4n) is 0.940. The molecule has 0 aliphatic carbocycles. The third-order valence-electron chi connectivity index (χ3n) is 1.53. The van der Waals surface area contributed by atoms with E-state index in [2.05, 4.69) is 18.1 Å². The van der Waals surface area contributed by atoms with Gasteiger partial charge in [0.15, 0.2) is 0 Å². The standard InChI is InChI=1S/C10H11N/c1-4-9-5-6-11-7-10(9)8(2)3/h4-7H,1-2H2,3H3. The molecule has 56 valence electrons. The van der Waals surface area contributed by atoms with Crippen molar-refractivity contribution in [1.29, 1.82) is 0 Å². The lowest BCUT2D eigenvalue weighted by Crippen LogP contribution is -1.84. The van der Waals surface area contributed by atoms with Gasteiger partial charge in [-0.3, -0.25) is 4.98 Å². The summed E-state index contributed by atoms with van der Waals surface area (Å²) < 4.78 is 0. The first-order valence-corrected chi connectivity index (χ1v) is 3.48. The molecular formula is C10H11N. The molecule has 0 aliphatic rings. The molecule has 1 nitrogen and oxygen atoms in total. The Hall–Kier alpha value is -1.37. The van der Waals surface area contributed by atoms with Gasteiger partial charge in [0.25, 0.3) is 0 Å². The summed E-state index contributed by atoms with van der Waals surface area (Å²) in [5, 5.41) is 0. The highest BCUT2D eigenvalue weighted by atomic mass is 14.6. The van der Waals surface area contributed by atoms with E-state index in [-0.39, 0.29) is 0 Å². The SMILES string of the molecule is C=Cc1ccncc1C(=C)C. The van der Waals surface area contributed by atoms with E-state index in [1.807, 2.05) is 19.1 Å². The monoisotopic (exact) mass is 145 g/mol. The first kappa shape index (κ1) is 7.73. The van der Waals surface area contributed by atoms with E-state index in [4.69, 9.17) is 0 Å². The maximum absolute atomic E-state index is 4.01. The Kier molecular flexibility index (Phi) is 2.21. The minimum absolute atomic E-state index is 1.02. The molecule has 0 atom stereocenters. The van der Waals surface area contributed by atoms with Crippen LogP contribution >= 0.6 is 0 Å². The van der Waals surface area contributed by atoms with Crippen molar-refractivity contribution in [3.05, 3.63) is 42.7 Å². The van der Waals surface area contributed by atoms with Crippen molar-refractivity contribution in [2.45, 2.75) is 6.92 Å². The third kappa shape index (κ3) is 1.55. The fraction of sp³-hybridized carbons (Fsp3) is 0.100. The summed E-state index contributed by atoms with van der Waals surface area (Å²) in [5.74, 6) is 0. The molecule has 0 unspecified atom stereocenters. The Labute approximate surface area is 67.1 Å². The molecule has 1 aromatic rings. The highest BCUT2D eigenvalue weighted by molar-refractivity contribution is 5.70. The lowest BCUT2D eigenvalue weighted by Gasteiger charge is -2.02. The summed E-state index contributed by atoms with van der Waals surface area (Å²) in [6.07, 6.45) is 5.37. The van der Waals surface area contributed by atoms with Crippen molar-refractivity contribution in [3.63, 3.8) is 0 Å². The van der Waals surface area contributed by atoms with Crippen molar-refractivity contribution in [2.75, 3.05) is 0 Å². The maximum atomic E-state index is 4.01. The number of pyridine rings is 1. The minimum atomic E-state index is 1.02. The van der Waals surface area contributed by atoms with Gasteiger partial charge in [-0.2, -0.15) is 0 Å². The van der Waals surface area contributed by atoms with E-state index in [0.717, 1.165) is 16.7 Å². The minimum Gasteiger partial charge on any atom is -0.264 e. The molecule has 0 aliphatic heterocycles. The van der Waals surface area contributed by atoms with Crippen molar-refractivity contribution < 1.29 is 0 Å². The van der Waals surface area contributed by atoms with E-state index in [9.17, 15) is 0 Å². The number of hydrogen-bond acceptors (Lipinski definition) is 1. The molecule has 0 radical (unpaired) electrons. The molecule has 0 saturated heterocycles. The first-order valence-electron chi connectivity index (χ1n) is 3.48. The van der Waals surface area contributed by atoms with Crippen LogP contribution in [0.25, 0.3) is 11.6 Å². The zero-order chi connectivity index (χ0) is 8.27. The molecule has 1 heteroatoms. The lowest BCUT2D eigenvalue weighted by atomic mass is 10.1. The van der Waals surface area contributed by atoms with Gasteiger partial charge in [-0.25, -0.2) is 0 Å².